The van der Waals surface area contributed by atoms with Gasteiger partial charge >= 0.3 is 11.9 Å². The highest BCUT2D eigenvalue weighted by atomic mass is 32.2. The van der Waals surface area contributed by atoms with Gasteiger partial charge in [0.2, 0.25) is 0 Å². The lowest BCUT2D eigenvalue weighted by molar-refractivity contribution is -0.144. The molecule has 0 aliphatic rings. The highest BCUT2D eigenvalue weighted by molar-refractivity contribution is 8.14. The van der Waals surface area contributed by atoms with E-state index in [1.165, 1.54) is 0 Å². The van der Waals surface area contributed by atoms with Crippen molar-refractivity contribution in [1.29, 1.82) is 0 Å². The van der Waals surface area contributed by atoms with Gasteiger partial charge in [-0.05, 0) is 6.92 Å². The van der Waals surface area contributed by atoms with Crippen molar-refractivity contribution >= 4 is 28.9 Å². The Morgan fingerprint density at radius 2 is 1.57 bits per heavy atom. The van der Waals surface area contributed by atoms with Gasteiger partial charge in [0.15, 0.2) is 0 Å². The van der Waals surface area contributed by atoms with Crippen LogP contribution in [-0.4, -0.2) is 41.2 Å². The zero-order valence-corrected chi connectivity index (χ0v) is 13.3. The zero-order valence-electron chi connectivity index (χ0n) is 12.5. The van der Waals surface area contributed by atoms with E-state index < -0.39 is 17.5 Å². The Morgan fingerprint density at radius 1 is 1.14 bits per heavy atom. The predicted octanol–water partition coefficient (Wildman–Crippen LogP) is 2.05. The molecule has 0 radical (unpaired) electrons. The standard InChI is InChI=1S/C14H21NO5S/c1-6-11(16)19-8-14(5,9-20-12(17)7-2)15-13(18)21-10(3)4/h6-7,10H,1-2,8-9H2,3-5H3,(H,15,18). The molecule has 0 saturated heterocycles. The Labute approximate surface area is 128 Å². The van der Waals surface area contributed by atoms with E-state index in [0.717, 1.165) is 23.9 Å². The van der Waals surface area contributed by atoms with Crippen molar-refractivity contribution in [3.8, 4) is 0 Å². The van der Waals surface area contributed by atoms with Gasteiger partial charge < -0.3 is 14.8 Å². The molecule has 0 aromatic rings. The Bertz CT molecular complexity index is 396. The van der Waals surface area contributed by atoms with Gasteiger partial charge in [-0.1, -0.05) is 38.8 Å². The van der Waals surface area contributed by atoms with Crippen LogP contribution in [0.5, 0.6) is 0 Å². The van der Waals surface area contributed by atoms with Crippen molar-refractivity contribution in [3.63, 3.8) is 0 Å². The van der Waals surface area contributed by atoms with Crippen molar-refractivity contribution in [2.24, 2.45) is 0 Å². The van der Waals surface area contributed by atoms with Crippen molar-refractivity contribution in [1.82, 2.24) is 5.32 Å². The molecule has 1 amide bonds. The van der Waals surface area contributed by atoms with Crippen LogP contribution >= 0.6 is 11.8 Å². The van der Waals surface area contributed by atoms with Crippen molar-refractivity contribution < 1.29 is 23.9 Å². The molecular formula is C14H21NO5S. The molecule has 0 spiro atoms. The summed E-state index contributed by atoms with van der Waals surface area (Å²) in [6.45, 7) is 11.6. The maximum atomic E-state index is 11.8. The molecule has 0 unspecified atom stereocenters. The minimum atomic E-state index is -1.03. The van der Waals surface area contributed by atoms with E-state index in [1.54, 1.807) is 6.92 Å². The molecular weight excluding hydrogens is 294 g/mol. The SMILES string of the molecule is C=CC(=O)OCC(C)(COC(=O)C=C)NC(=O)SC(C)C. The maximum Gasteiger partial charge on any atom is 0.330 e. The quantitative estimate of drug-likeness (QED) is 0.545. The number of thioether (sulfide) groups is 1. The van der Waals surface area contributed by atoms with Gasteiger partial charge in [-0.15, -0.1) is 0 Å². The van der Waals surface area contributed by atoms with Gasteiger partial charge in [-0.2, -0.15) is 0 Å². The fraction of sp³-hybridized carbons (Fsp3) is 0.500. The van der Waals surface area contributed by atoms with E-state index >= 15 is 0 Å². The van der Waals surface area contributed by atoms with Crippen LogP contribution in [0.2, 0.25) is 0 Å². The van der Waals surface area contributed by atoms with E-state index in [0.29, 0.717) is 0 Å². The average molecular weight is 315 g/mol. The smallest absolute Gasteiger partial charge is 0.330 e. The molecule has 21 heavy (non-hydrogen) atoms. The summed E-state index contributed by atoms with van der Waals surface area (Å²) in [5.41, 5.74) is -1.03. The van der Waals surface area contributed by atoms with Crippen molar-refractivity contribution in [2.75, 3.05) is 13.2 Å². The maximum absolute atomic E-state index is 11.8. The van der Waals surface area contributed by atoms with Gasteiger partial charge in [0.1, 0.15) is 18.8 Å². The number of nitrogens with one attached hydrogen (secondary N) is 1. The Kier molecular flexibility index (Phi) is 8.45. The summed E-state index contributed by atoms with van der Waals surface area (Å²) in [4.78, 5) is 34.1. The second-order valence-electron chi connectivity index (χ2n) is 4.76. The van der Waals surface area contributed by atoms with E-state index in [2.05, 4.69) is 18.5 Å². The highest BCUT2D eigenvalue weighted by Crippen LogP contribution is 2.14. The van der Waals surface area contributed by atoms with Crippen LogP contribution in [0.25, 0.3) is 0 Å². The van der Waals surface area contributed by atoms with E-state index in [9.17, 15) is 14.4 Å². The molecule has 0 aromatic heterocycles. The molecule has 0 rings (SSSR count). The molecule has 0 fully saturated rings. The van der Waals surface area contributed by atoms with E-state index in [1.807, 2.05) is 13.8 Å². The normalized spacial score (nSPS) is 10.7. The molecule has 0 atom stereocenters. The third-order valence-electron chi connectivity index (χ3n) is 2.15. The first-order valence-corrected chi connectivity index (χ1v) is 7.17. The Balaban J connectivity index is 4.75. The molecule has 0 saturated carbocycles. The first-order chi connectivity index (χ1) is 9.72. The summed E-state index contributed by atoms with van der Waals surface area (Å²) in [6.07, 6.45) is 2.03. The summed E-state index contributed by atoms with van der Waals surface area (Å²) < 4.78 is 9.86. The van der Waals surface area contributed by atoms with Gasteiger partial charge in [0.05, 0.1) is 0 Å². The van der Waals surface area contributed by atoms with Gasteiger partial charge in [0, 0.05) is 17.4 Å². The summed E-state index contributed by atoms with van der Waals surface area (Å²) in [5, 5.41) is 2.49. The molecule has 0 heterocycles. The van der Waals surface area contributed by atoms with E-state index in [-0.39, 0.29) is 23.7 Å². The van der Waals surface area contributed by atoms with Crippen LogP contribution in [0.4, 0.5) is 4.79 Å². The number of hydrogen-bond acceptors (Lipinski definition) is 6. The molecule has 0 bridgehead atoms. The summed E-state index contributed by atoms with van der Waals surface area (Å²) in [6, 6.07) is 0. The fourth-order valence-corrected chi connectivity index (χ4v) is 1.92. The predicted molar refractivity (Wildman–Crippen MR) is 82.0 cm³/mol. The van der Waals surface area contributed by atoms with Crippen LogP contribution in [-0.2, 0) is 19.1 Å². The van der Waals surface area contributed by atoms with Crippen LogP contribution in [0.1, 0.15) is 20.8 Å². The second-order valence-corrected chi connectivity index (χ2v) is 6.31. The molecule has 7 heteroatoms. The lowest BCUT2D eigenvalue weighted by atomic mass is 10.1. The summed E-state index contributed by atoms with van der Waals surface area (Å²) >= 11 is 1.09. The minimum Gasteiger partial charge on any atom is -0.460 e. The van der Waals surface area contributed by atoms with Crippen LogP contribution < -0.4 is 5.32 Å². The van der Waals surface area contributed by atoms with Gasteiger partial charge in [-0.25, -0.2) is 9.59 Å². The lowest BCUT2D eigenvalue weighted by Gasteiger charge is -2.29. The number of carbonyl (C=O) groups is 3. The lowest BCUT2D eigenvalue weighted by Crippen LogP contribution is -2.52. The first kappa shape index (κ1) is 19.2. The number of amides is 1. The molecule has 118 valence electrons. The van der Waals surface area contributed by atoms with Crippen LogP contribution in [0.3, 0.4) is 0 Å². The molecule has 6 nitrogen and oxygen atoms in total. The first-order valence-electron chi connectivity index (χ1n) is 6.29. The van der Waals surface area contributed by atoms with Gasteiger partial charge in [0.25, 0.3) is 5.24 Å². The van der Waals surface area contributed by atoms with Crippen molar-refractivity contribution in [2.45, 2.75) is 31.6 Å². The Hall–Kier alpha value is -1.76. The minimum absolute atomic E-state index is 0.0979. The average Bonchev–Trinajstić information content (AvgIpc) is 2.41. The fourth-order valence-electron chi connectivity index (χ4n) is 1.18. The highest BCUT2D eigenvalue weighted by Gasteiger charge is 2.30. The third-order valence-corrected chi connectivity index (χ3v) is 2.93. The van der Waals surface area contributed by atoms with Crippen LogP contribution in [0, 0.1) is 0 Å². The van der Waals surface area contributed by atoms with Crippen molar-refractivity contribution in [3.05, 3.63) is 25.3 Å². The molecule has 1 N–H and O–H groups in total. The molecule has 0 aromatic carbocycles. The largest absolute Gasteiger partial charge is 0.460 e. The molecule has 0 aliphatic heterocycles. The number of rotatable bonds is 8. The monoisotopic (exact) mass is 315 g/mol. The van der Waals surface area contributed by atoms with E-state index in [4.69, 9.17) is 9.47 Å². The number of carbonyl (C=O) groups excluding carboxylic acids is 3. The number of ether oxygens (including phenoxy) is 2. The summed E-state index contributed by atoms with van der Waals surface area (Å²) in [5.74, 6) is -1.25. The molecule has 0 aliphatic carbocycles. The number of esters is 2. The van der Waals surface area contributed by atoms with Crippen LogP contribution in [0.15, 0.2) is 25.3 Å². The number of hydrogen-bond donors (Lipinski definition) is 1. The topological polar surface area (TPSA) is 81.7 Å². The third kappa shape index (κ3) is 8.91. The zero-order chi connectivity index (χ0) is 16.5. The van der Waals surface area contributed by atoms with Gasteiger partial charge in [-0.3, -0.25) is 4.79 Å². The summed E-state index contributed by atoms with van der Waals surface area (Å²) in [7, 11) is 0. The Morgan fingerprint density at radius 3 is 1.90 bits per heavy atom. The second kappa shape index (κ2) is 9.23.